The molecule has 10 nitrogen and oxygen atoms in total. The Hall–Kier alpha value is -3.72. The highest BCUT2D eigenvalue weighted by molar-refractivity contribution is 7.94. The summed E-state index contributed by atoms with van der Waals surface area (Å²) in [6.07, 6.45) is 6.29. The number of sulfonamides is 1. The Morgan fingerprint density at radius 2 is 1.89 bits per heavy atom. The molecule has 4 aromatic rings. The van der Waals surface area contributed by atoms with Crippen LogP contribution in [-0.2, 0) is 30.7 Å². The van der Waals surface area contributed by atoms with E-state index in [0.29, 0.717) is 31.0 Å². The van der Waals surface area contributed by atoms with Crippen LogP contribution in [0, 0.1) is 0 Å². The lowest BCUT2D eigenvalue weighted by Gasteiger charge is -2.19. The molecule has 2 heterocycles. The third-order valence-electron chi connectivity index (χ3n) is 6.79. The lowest BCUT2D eigenvalue weighted by Crippen LogP contribution is -2.45. The molecule has 0 atom stereocenters. The van der Waals surface area contributed by atoms with Gasteiger partial charge in [0.2, 0.25) is 28.0 Å². The molecule has 44 heavy (non-hydrogen) atoms. The van der Waals surface area contributed by atoms with Crippen LogP contribution in [0.2, 0.25) is 0 Å². The molecule has 0 bridgehead atoms. The summed E-state index contributed by atoms with van der Waals surface area (Å²) in [6.45, 7) is 2.48. The van der Waals surface area contributed by atoms with E-state index in [9.17, 15) is 18.5 Å². The number of allylic oxidation sites excluding steroid dienone is 2. The minimum atomic E-state index is -3.69. The van der Waals surface area contributed by atoms with Crippen molar-refractivity contribution >= 4 is 61.3 Å². The molecule has 1 N–H and O–H groups in total. The Kier molecular flexibility index (Phi) is 10.4. The molecule has 0 saturated carbocycles. The Morgan fingerprint density at radius 3 is 2.64 bits per heavy atom. The number of para-hydroxylation sites is 1. The van der Waals surface area contributed by atoms with E-state index < -0.39 is 15.9 Å². The summed E-state index contributed by atoms with van der Waals surface area (Å²) in [7, 11) is -3.69. The first kappa shape index (κ1) is 31.7. The van der Waals surface area contributed by atoms with Crippen molar-refractivity contribution < 1.29 is 37.1 Å². The van der Waals surface area contributed by atoms with E-state index in [0.717, 1.165) is 61.7 Å². The van der Waals surface area contributed by atoms with Crippen LogP contribution in [0.3, 0.4) is 0 Å². The summed E-state index contributed by atoms with van der Waals surface area (Å²) in [5, 5.41) is 14.5. The van der Waals surface area contributed by atoms with Crippen molar-refractivity contribution in [3.63, 3.8) is 0 Å². The maximum atomic E-state index is 12.6. The number of amides is 1. The van der Waals surface area contributed by atoms with Gasteiger partial charge in [0.05, 0.1) is 11.9 Å². The third-order valence-corrected chi connectivity index (χ3v) is 9.10. The van der Waals surface area contributed by atoms with Crippen LogP contribution in [0.1, 0.15) is 24.8 Å². The van der Waals surface area contributed by atoms with Gasteiger partial charge in [-0.1, -0.05) is 66.8 Å². The minimum Gasteiger partial charge on any atom is -0.691 e. The molecule has 1 aliphatic heterocycles. The van der Waals surface area contributed by atoms with Crippen LogP contribution in [0.25, 0.3) is 27.4 Å². The number of ether oxygens (including phenoxy) is 1. The van der Waals surface area contributed by atoms with Crippen LogP contribution >= 0.6 is 23.4 Å². The summed E-state index contributed by atoms with van der Waals surface area (Å²) in [4.78, 5) is 14.7. The number of hydrogen-bond donors (Lipinski definition) is 1. The molecule has 1 aliphatic rings. The van der Waals surface area contributed by atoms with Gasteiger partial charge in [0.25, 0.3) is 10.9 Å². The number of carbonyl (C=O) groups is 1. The van der Waals surface area contributed by atoms with Gasteiger partial charge in [-0.2, -0.15) is 8.90 Å². The zero-order valence-corrected chi connectivity index (χ0v) is 26.5. The molecule has 0 unspecified atom stereocenters. The van der Waals surface area contributed by atoms with Crippen LogP contribution < -0.4 is 24.2 Å². The van der Waals surface area contributed by atoms with Crippen molar-refractivity contribution in [1.29, 1.82) is 0 Å². The average Bonchev–Trinajstić information content (AvgIpc) is 3.52. The maximum Gasteiger partial charge on any atom is 0.299 e. The molecule has 0 spiro atoms. The number of anilines is 1. The van der Waals surface area contributed by atoms with Crippen molar-refractivity contribution in [2.75, 3.05) is 23.5 Å². The van der Waals surface area contributed by atoms with E-state index >= 15 is 0 Å². The second-order valence-corrected chi connectivity index (χ2v) is 13.6. The Bertz CT molecular complexity index is 1800. The van der Waals surface area contributed by atoms with Crippen molar-refractivity contribution in [2.24, 2.45) is 0 Å². The molecule has 1 amide bonds. The summed E-state index contributed by atoms with van der Waals surface area (Å²) < 4.78 is 39.0. The van der Waals surface area contributed by atoms with Gasteiger partial charge in [0.1, 0.15) is 4.70 Å². The molecule has 0 fully saturated rings. The Balaban J connectivity index is 1.50. The highest BCUT2D eigenvalue weighted by Gasteiger charge is 2.28. The van der Waals surface area contributed by atoms with Gasteiger partial charge in [-0.05, 0) is 47.7 Å². The van der Waals surface area contributed by atoms with Crippen LogP contribution in [0.5, 0.6) is 5.75 Å². The standard InChI is InChI=1S/C31H31N3O7S3/c1-3-22(19-31-34(21-29(35)32-44(2,37)38)25-12-7-8-13-28(25)43-31)18-30-33(16-9-17-42-41-40-36)26-20-24(14-15-27(26)39-30)23-10-5-4-6-11-23/h4-8,10-15,18-20H,3,9,16-17,21H2,1-2H3,(H-,32,35,36). The predicted molar refractivity (Wildman–Crippen MR) is 170 cm³/mol. The largest absolute Gasteiger partial charge is 0.691 e. The number of benzene rings is 3. The van der Waals surface area contributed by atoms with Crippen LogP contribution in [0.4, 0.5) is 5.69 Å². The highest BCUT2D eigenvalue weighted by atomic mass is 32.2. The van der Waals surface area contributed by atoms with Gasteiger partial charge >= 0.3 is 0 Å². The summed E-state index contributed by atoms with van der Waals surface area (Å²) >= 11 is 2.46. The molecule has 230 valence electrons. The zero-order chi connectivity index (χ0) is 31.1. The van der Waals surface area contributed by atoms with Gasteiger partial charge in [-0.25, -0.2) is 13.1 Å². The number of nitrogens with one attached hydrogen (secondary N) is 1. The Morgan fingerprint density at radius 1 is 1.11 bits per heavy atom. The quantitative estimate of drug-likeness (QED) is 0.0718. The van der Waals surface area contributed by atoms with E-state index in [1.807, 2.05) is 78.2 Å². The summed E-state index contributed by atoms with van der Waals surface area (Å²) in [5.74, 6) is 1.29. The molecule has 0 saturated heterocycles. The van der Waals surface area contributed by atoms with Gasteiger partial charge in [0.15, 0.2) is 5.75 Å². The van der Waals surface area contributed by atoms with Crippen molar-refractivity contribution in [2.45, 2.75) is 26.3 Å². The number of rotatable bonds is 13. The lowest BCUT2D eigenvalue weighted by molar-refractivity contribution is -0.777. The maximum absolute atomic E-state index is 12.6. The zero-order valence-electron chi connectivity index (χ0n) is 24.1. The summed E-state index contributed by atoms with van der Waals surface area (Å²) in [5.41, 5.74) is 4.85. The molecule has 5 rings (SSSR count). The summed E-state index contributed by atoms with van der Waals surface area (Å²) in [6, 6.07) is 23.9. The molecule has 3 aromatic carbocycles. The number of nitrogens with zero attached hydrogens (tertiary/aromatic N) is 2. The van der Waals surface area contributed by atoms with Crippen molar-refractivity contribution in [3.8, 4) is 16.9 Å². The number of carbonyl (C=O) groups excluding carboxylic acids is 1. The van der Waals surface area contributed by atoms with Gasteiger partial charge in [-0.15, -0.1) is 0 Å². The second-order valence-electron chi connectivity index (χ2n) is 9.96. The molecular weight excluding hydrogens is 623 g/mol. The highest BCUT2D eigenvalue weighted by Crippen LogP contribution is 2.42. The van der Waals surface area contributed by atoms with E-state index in [1.165, 1.54) is 11.3 Å². The smallest absolute Gasteiger partial charge is 0.299 e. The fourth-order valence-corrected chi connectivity index (χ4v) is 6.82. The normalized spacial score (nSPS) is 14.2. The SMILES string of the molecule is CCC(/C=C1\Oc2ccc(-c3ccccc3)cc2N1CCCSOO[O-])=C\c1sc2ccccc2[n+]1CC(=O)NS(C)(=O)=O. The first-order valence-corrected chi connectivity index (χ1v) is 17.4. The first-order chi connectivity index (χ1) is 21.3. The van der Waals surface area contributed by atoms with Gasteiger partial charge in [0, 0.05) is 42.6 Å². The van der Waals surface area contributed by atoms with E-state index in [-0.39, 0.29) is 6.54 Å². The van der Waals surface area contributed by atoms with Crippen LogP contribution in [0.15, 0.2) is 90.3 Å². The van der Waals surface area contributed by atoms with Crippen molar-refractivity contribution in [1.82, 2.24) is 4.72 Å². The monoisotopic (exact) mass is 653 g/mol. The van der Waals surface area contributed by atoms with E-state index in [1.54, 1.807) is 0 Å². The minimum absolute atomic E-state index is 0.153. The second kappa shape index (κ2) is 14.4. The third kappa shape index (κ3) is 7.86. The van der Waals surface area contributed by atoms with E-state index in [4.69, 9.17) is 4.74 Å². The fourth-order valence-electron chi connectivity index (χ4n) is 4.85. The van der Waals surface area contributed by atoms with Crippen molar-refractivity contribution in [3.05, 3.63) is 95.3 Å². The predicted octanol–water partition coefficient (Wildman–Crippen LogP) is 4.73. The van der Waals surface area contributed by atoms with Gasteiger partial charge in [-0.3, -0.25) is 9.83 Å². The molecule has 0 aliphatic carbocycles. The van der Waals surface area contributed by atoms with Gasteiger partial charge < -0.3 is 14.9 Å². The number of aromatic nitrogens is 1. The number of fused-ring (bicyclic) bond motifs is 2. The number of hydrogen-bond acceptors (Lipinski definition) is 10. The average molecular weight is 654 g/mol. The number of thiazole rings is 1. The lowest BCUT2D eigenvalue weighted by atomic mass is 10.0. The molecule has 13 heteroatoms. The Labute approximate surface area is 264 Å². The van der Waals surface area contributed by atoms with Crippen LogP contribution in [-0.4, -0.2) is 32.9 Å². The molecule has 1 aromatic heterocycles. The van der Waals surface area contributed by atoms with E-state index in [2.05, 4.69) is 37.2 Å². The molecular formula is C31H31N3O7S3. The first-order valence-electron chi connectivity index (χ1n) is 13.8. The fraction of sp³-hybridized carbons (Fsp3) is 0.226. The molecule has 0 radical (unpaired) electrons. The topological polar surface area (TPSA) is 121 Å².